The lowest BCUT2D eigenvalue weighted by Gasteiger charge is -2.21. The number of pyridine rings is 2. The first kappa shape index (κ1) is 19.7. The topological polar surface area (TPSA) is 87.1 Å². The van der Waals surface area contributed by atoms with E-state index in [1.165, 1.54) is 0 Å². The summed E-state index contributed by atoms with van der Waals surface area (Å²) in [5, 5.41) is 16.3. The van der Waals surface area contributed by atoms with Crippen molar-refractivity contribution >= 4 is 23.2 Å². The third kappa shape index (κ3) is 5.48. The van der Waals surface area contributed by atoms with Crippen LogP contribution in [0, 0.1) is 5.92 Å². The van der Waals surface area contributed by atoms with Crippen LogP contribution in [-0.2, 0) is 11.2 Å². The summed E-state index contributed by atoms with van der Waals surface area (Å²) in [5.74, 6) is 0.932. The van der Waals surface area contributed by atoms with Crippen LogP contribution in [0.2, 0.25) is 5.02 Å². The highest BCUT2D eigenvalue weighted by Crippen LogP contribution is 2.28. The molecule has 3 rings (SSSR count). The number of aliphatic hydroxyl groups is 1. The lowest BCUT2D eigenvalue weighted by Crippen LogP contribution is -2.35. The molecule has 1 fully saturated rings. The molecule has 27 heavy (non-hydrogen) atoms. The molecule has 0 aromatic carbocycles. The summed E-state index contributed by atoms with van der Waals surface area (Å²) < 4.78 is 0. The lowest BCUT2D eigenvalue weighted by atomic mass is 9.92. The van der Waals surface area contributed by atoms with Gasteiger partial charge in [0.25, 0.3) is 0 Å². The van der Waals surface area contributed by atoms with Crippen LogP contribution in [0.5, 0.6) is 0 Å². The van der Waals surface area contributed by atoms with Gasteiger partial charge in [-0.15, -0.1) is 0 Å². The number of hydrogen-bond acceptors (Lipinski definition) is 6. The number of aromatic nitrogens is 2. The molecule has 1 aliphatic rings. The molecule has 2 aromatic rings. The smallest absolute Gasteiger partial charge is 0.143 e. The first-order valence-corrected chi connectivity index (χ1v) is 9.68. The average molecular weight is 389 g/mol. The van der Waals surface area contributed by atoms with Gasteiger partial charge in [-0.2, -0.15) is 0 Å². The van der Waals surface area contributed by atoms with Gasteiger partial charge in [0.05, 0.1) is 16.8 Å². The molecular formula is C20H25ClN4O2. The number of Topliss-reactive ketones (excluding diaryl/α,β-unsaturated/α-hetero) is 1. The number of hydrogen-bond donors (Lipinski definition) is 3. The third-order valence-corrected chi connectivity index (χ3v) is 4.92. The Morgan fingerprint density at radius 3 is 3.07 bits per heavy atom. The minimum absolute atomic E-state index is 0.0609. The van der Waals surface area contributed by atoms with Crippen molar-refractivity contribution in [1.29, 1.82) is 0 Å². The maximum atomic E-state index is 12.5. The van der Waals surface area contributed by atoms with Crippen LogP contribution in [0.3, 0.4) is 0 Å². The standard InChI is InChI=1S/C20H25ClN4O2/c1-13(26)10-24-20-6-2-5-18(25-20)16-8-15(23-12-17(16)21)9-19(27)14-4-3-7-22-11-14/h2,5-6,8,12-14,22,26H,3-4,7,9-11H2,1H3,(H,24,25)/t13-,14+/m0/s1. The number of aliphatic hydroxyl groups excluding tert-OH is 1. The maximum Gasteiger partial charge on any atom is 0.143 e. The Hall–Kier alpha value is -2.02. The zero-order chi connectivity index (χ0) is 19.2. The van der Waals surface area contributed by atoms with Crippen molar-refractivity contribution in [2.24, 2.45) is 5.92 Å². The maximum absolute atomic E-state index is 12.5. The zero-order valence-corrected chi connectivity index (χ0v) is 16.2. The Morgan fingerprint density at radius 1 is 1.48 bits per heavy atom. The summed E-state index contributed by atoms with van der Waals surface area (Å²) >= 11 is 6.34. The lowest BCUT2D eigenvalue weighted by molar-refractivity contribution is -0.122. The molecule has 6 nitrogen and oxygen atoms in total. The molecule has 0 radical (unpaired) electrons. The second-order valence-corrected chi connectivity index (χ2v) is 7.39. The fourth-order valence-corrected chi connectivity index (χ4v) is 3.36. The summed E-state index contributed by atoms with van der Waals surface area (Å²) in [6.07, 6.45) is 3.38. The largest absolute Gasteiger partial charge is 0.392 e. The van der Waals surface area contributed by atoms with Gasteiger partial charge in [-0.25, -0.2) is 4.98 Å². The highest BCUT2D eigenvalue weighted by atomic mass is 35.5. The van der Waals surface area contributed by atoms with Gasteiger partial charge in [-0.1, -0.05) is 17.7 Å². The van der Waals surface area contributed by atoms with Crippen molar-refractivity contribution in [2.75, 3.05) is 25.0 Å². The van der Waals surface area contributed by atoms with E-state index in [-0.39, 0.29) is 11.7 Å². The predicted octanol–water partition coefficient (Wildman–Crippen LogP) is 2.70. The SMILES string of the molecule is C[C@H](O)CNc1cccc(-c2cc(CC(=O)[C@@H]3CCCNC3)ncc2Cl)n1. The van der Waals surface area contributed by atoms with E-state index in [4.69, 9.17) is 11.6 Å². The Bertz CT molecular complexity index is 791. The number of rotatable bonds is 7. The van der Waals surface area contributed by atoms with Crippen LogP contribution in [0.15, 0.2) is 30.5 Å². The molecule has 1 aliphatic heterocycles. The van der Waals surface area contributed by atoms with E-state index in [1.54, 1.807) is 13.1 Å². The Labute approximate surface area is 164 Å². The second kappa shape index (κ2) is 9.26. The van der Waals surface area contributed by atoms with Crippen molar-refractivity contribution in [3.8, 4) is 11.3 Å². The van der Waals surface area contributed by atoms with Gasteiger partial charge >= 0.3 is 0 Å². The van der Waals surface area contributed by atoms with E-state index < -0.39 is 6.10 Å². The van der Waals surface area contributed by atoms with Crippen molar-refractivity contribution in [2.45, 2.75) is 32.3 Å². The van der Waals surface area contributed by atoms with Crippen molar-refractivity contribution in [3.63, 3.8) is 0 Å². The minimum atomic E-state index is -0.466. The van der Waals surface area contributed by atoms with Gasteiger partial charge in [0, 0.05) is 42.9 Å². The van der Waals surface area contributed by atoms with E-state index >= 15 is 0 Å². The molecule has 0 spiro atoms. The Morgan fingerprint density at radius 2 is 2.33 bits per heavy atom. The number of anilines is 1. The summed E-state index contributed by atoms with van der Waals surface area (Å²) in [6.45, 7) is 3.85. The van der Waals surface area contributed by atoms with Gasteiger partial charge < -0.3 is 15.7 Å². The van der Waals surface area contributed by atoms with Gasteiger partial charge in [-0.05, 0) is 44.5 Å². The number of nitrogens with one attached hydrogen (secondary N) is 2. The van der Waals surface area contributed by atoms with E-state index in [0.717, 1.165) is 31.5 Å². The molecule has 0 amide bonds. The second-order valence-electron chi connectivity index (χ2n) is 6.98. The Kier molecular flexibility index (Phi) is 6.77. The quantitative estimate of drug-likeness (QED) is 0.676. The van der Waals surface area contributed by atoms with E-state index in [9.17, 15) is 9.90 Å². The van der Waals surface area contributed by atoms with Gasteiger partial charge in [0.1, 0.15) is 11.6 Å². The molecule has 0 saturated carbocycles. The molecule has 3 N–H and O–H groups in total. The molecule has 0 aliphatic carbocycles. The summed E-state index contributed by atoms with van der Waals surface area (Å²) in [6, 6.07) is 7.42. The normalized spacial score (nSPS) is 18.1. The third-order valence-electron chi connectivity index (χ3n) is 4.62. The first-order chi connectivity index (χ1) is 13.0. The summed E-state index contributed by atoms with van der Waals surface area (Å²) in [7, 11) is 0. The molecule has 2 atom stereocenters. The molecular weight excluding hydrogens is 364 g/mol. The van der Waals surface area contributed by atoms with E-state index in [1.807, 2.05) is 24.3 Å². The fourth-order valence-electron chi connectivity index (χ4n) is 3.16. The highest BCUT2D eigenvalue weighted by Gasteiger charge is 2.21. The predicted molar refractivity (Wildman–Crippen MR) is 107 cm³/mol. The molecule has 7 heteroatoms. The molecule has 144 valence electrons. The fraction of sp³-hybridized carbons (Fsp3) is 0.450. The van der Waals surface area contributed by atoms with Gasteiger partial charge in [-0.3, -0.25) is 9.78 Å². The van der Waals surface area contributed by atoms with Crippen LogP contribution >= 0.6 is 11.6 Å². The number of halogens is 1. The molecule has 0 unspecified atom stereocenters. The minimum Gasteiger partial charge on any atom is -0.392 e. The van der Waals surface area contributed by atoms with Crippen LogP contribution in [0.1, 0.15) is 25.5 Å². The van der Waals surface area contributed by atoms with Crippen molar-refractivity contribution in [1.82, 2.24) is 15.3 Å². The van der Waals surface area contributed by atoms with E-state index in [2.05, 4.69) is 20.6 Å². The van der Waals surface area contributed by atoms with Crippen LogP contribution in [0.25, 0.3) is 11.3 Å². The molecule has 0 bridgehead atoms. The molecule has 1 saturated heterocycles. The first-order valence-electron chi connectivity index (χ1n) is 9.30. The number of carbonyl (C=O) groups excluding carboxylic acids is 1. The number of ketones is 1. The van der Waals surface area contributed by atoms with Crippen molar-refractivity contribution < 1.29 is 9.90 Å². The van der Waals surface area contributed by atoms with Gasteiger partial charge in [0.2, 0.25) is 0 Å². The molecule has 2 aromatic heterocycles. The van der Waals surface area contributed by atoms with E-state index in [0.29, 0.717) is 35.2 Å². The van der Waals surface area contributed by atoms with Crippen LogP contribution < -0.4 is 10.6 Å². The number of nitrogens with zero attached hydrogens (tertiary/aromatic N) is 2. The number of piperidine rings is 1. The van der Waals surface area contributed by atoms with Gasteiger partial charge in [0.15, 0.2) is 0 Å². The number of carbonyl (C=O) groups is 1. The highest BCUT2D eigenvalue weighted by molar-refractivity contribution is 6.33. The average Bonchev–Trinajstić information content (AvgIpc) is 2.68. The van der Waals surface area contributed by atoms with Crippen LogP contribution in [-0.4, -0.2) is 46.6 Å². The molecule has 3 heterocycles. The monoisotopic (exact) mass is 388 g/mol. The zero-order valence-electron chi connectivity index (χ0n) is 15.4. The Balaban J connectivity index is 1.77. The van der Waals surface area contributed by atoms with Crippen molar-refractivity contribution in [3.05, 3.63) is 41.2 Å². The summed E-state index contributed by atoms with van der Waals surface area (Å²) in [5.41, 5.74) is 2.15. The summed E-state index contributed by atoms with van der Waals surface area (Å²) in [4.78, 5) is 21.4. The van der Waals surface area contributed by atoms with Crippen LogP contribution in [0.4, 0.5) is 5.82 Å².